The number of hydrogen-bond donors (Lipinski definition) is 0. The van der Waals surface area contributed by atoms with Crippen LogP contribution in [0.1, 0.15) is 15.9 Å². The zero-order valence-corrected chi connectivity index (χ0v) is 13.5. The van der Waals surface area contributed by atoms with E-state index < -0.39 is 5.82 Å². The van der Waals surface area contributed by atoms with E-state index in [-0.39, 0.29) is 5.91 Å². The molecule has 0 saturated carbocycles. The molecule has 2 aromatic carbocycles. The summed E-state index contributed by atoms with van der Waals surface area (Å²) >= 11 is 0. The SMILES string of the molecule is Cc1c(-c2ccccc2)nc2ccc(F)cc2c1C(=O)n1ccnc1. The quantitative estimate of drug-likeness (QED) is 0.552. The van der Waals surface area contributed by atoms with Crippen LogP contribution in [0.25, 0.3) is 22.2 Å². The molecule has 122 valence electrons. The van der Waals surface area contributed by atoms with Gasteiger partial charge in [-0.1, -0.05) is 30.3 Å². The second-order valence-electron chi connectivity index (χ2n) is 5.76. The van der Waals surface area contributed by atoms with E-state index >= 15 is 0 Å². The largest absolute Gasteiger partial charge is 0.272 e. The third kappa shape index (κ3) is 2.59. The minimum Gasteiger partial charge on any atom is -0.272 e. The van der Waals surface area contributed by atoms with Crippen LogP contribution in [0.2, 0.25) is 0 Å². The summed E-state index contributed by atoms with van der Waals surface area (Å²) < 4.78 is 15.2. The van der Waals surface area contributed by atoms with E-state index in [4.69, 9.17) is 0 Å². The molecule has 2 heterocycles. The zero-order valence-electron chi connectivity index (χ0n) is 13.5. The van der Waals surface area contributed by atoms with E-state index in [2.05, 4.69) is 9.97 Å². The number of carbonyl (C=O) groups excluding carboxylic acids is 1. The van der Waals surface area contributed by atoms with Gasteiger partial charge in [-0.25, -0.2) is 14.4 Å². The predicted molar refractivity (Wildman–Crippen MR) is 93.8 cm³/mol. The molecular weight excluding hydrogens is 317 g/mol. The van der Waals surface area contributed by atoms with Gasteiger partial charge in [0.05, 0.1) is 16.8 Å². The molecule has 0 amide bonds. The maximum Gasteiger partial charge on any atom is 0.264 e. The Kier molecular flexibility index (Phi) is 3.61. The Labute approximate surface area is 143 Å². The summed E-state index contributed by atoms with van der Waals surface area (Å²) in [5, 5.41) is 0.496. The van der Waals surface area contributed by atoms with Crippen LogP contribution in [0.5, 0.6) is 0 Å². The number of halogens is 1. The van der Waals surface area contributed by atoms with E-state index in [0.29, 0.717) is 27.7 Å². The van der Waals surface area contributed by atoms with Crippen LogP contribution in [-0.4, -0.2) is 20.4 Å². The topological polar surface area (TPSA) is 47.8 Å². The Morgan fingerprint density at radius 1 is 1.12 bits per heavy atom. The number of benzene rings is 2. The maximum atomic E-state index is 13.8. The Bertz CT molecular complexity index is 1070. The fraction of sp³-hybridized carbons (Fsp3) is 0.0500. The molecule has 0 fully saturated rings. The minimum absolute atomic E-state index is 0.259. The van der Waals surface area contributed by atoms with Gasteiger partial charge in [0.1, 0.15) is 12.1 Å². The summed E-state index contributed by atoms with van der Waals surface area (Å²) in [7, 11) is 0. The number of imidazole rings is 1. The fourth-order valence-corrected chi connectivity index (χ4v) is 2.99. The maximum absolute atomic E-state index is 13.8. The first-order chi connectivity index (χ1) is 12.1. The number of aromatic nitrogens is 3. The molecule has 0 saturated heterocycles. The van der Waals surface area contributed by atoms with Gasteiger partial charge in [0, 0.05) is 23.3 Å². The number of rotatable bonds is 2. The van der Waals surface area contributed by atoms with Gasteiger partial charge in [-0.05, 0) is 30.7 Å². The van der Waals surface area contributed by atoms with Crippen molar-refractivity contribution in [2.24, 2.45) is 0 Å². The van der Waals surface area contributed by atoms with Crippen LogP contribution in [0.15, 0.2) is 67.3 Å². The van der Waals surface area contributed by atoms with E-state index in [1.54, 1.807) is 12.3 Å². The Hall–Kier alpha value is -3.34. The third-order valence-electron chi connectivity index (χ3n) is 4.19. The second-order valence-corrected chi connectivity index (χ2v) is 5.76. The molecule has 0 unspecified atom stereocenters. The highest BCUT2D eigenvalue weighted by Gasteiger charge is 2.20. The summed E-state index contributed by atoms with van der Waals surface area (Å²) in [5.41, 5.74) is 3.34. The molecule has 4 nitrogen and oxygen atoms in total. The van der Waals surface area contributed by atoms with E-state index in [9.17, 15) is 9.18 Å². The third-order valence-corrected chi connectivity index (χ3v) is 4.19. The van der Waals surface area contributed by atoms with Crippen molar-refractivity contribution in [3.63, 3.8) is 0 Å². The normalized spacial score (nSPS) is 11.0. The second kappa shape index (κ2) is 5.94. The summed E-state index contributed by atoms with van der Waals surface area (Å²) in [4.78, 5) is 21.6. The standard InChI is InChI=1S/C20H14FN3O/c1-13-18(20(25)24-10-9-22-12-24)16-11-15(21)7-8-17(16)23-19(13)14-5-3-2-4-6-14/h2-12H,1H3. The summed E-state index contributed by atoms with van der Waals surface area (Å²) in [5.74, 6) is -0.661. The number of fused-ring (bicyclic) bond motifs is 1. The first-order valence-corrected chi connectivity index (χ1v) is 7.83. The number of hydrogen-bond acceptors (Lipinski definition) is 3. The van der Waals surface area contributed by atoms with Gasteiger partial charge in [0.25, 0.3) is 5.91 Å². The fourth-order valence-electron chi connectivity index (χ4n) is 2.99. The van der Waals surface area contributed by atoms with Crippen LogP contribution in [0.4, 0.5) is 4.39 Å². The zero-order chi connectivity index (χ0) is 17.4. The molecule has 25 heavy (non-hydrogen) atoms. The van der Waals surface area contributed by atoms with Crippen molar-refractivity contribution in [1.29, 1.82) is 0 Å². The van der Waals surface area contributed by atoms with Crippen LogP contribution in [0, 0.1) is 12.7 Å². The van der Waals surface area contributed by atoms with Crippen LogP contribution < -0.4 is 0 Å². The lowest BCUT2D eigenvalue weighted by Gasteiger charge is -2.14. The van der Waals surface area contributed by atoms with Gasteiger partial charge in [-0.3, -0.25) is 9.36 Å². The van der Waals surface area contributed by atoms with Crippen LogP contribution in [-0.2, 0) is 0 Å². The molecule has 0 N–H and O–H groups in total. The summed E-state index contributed by atoms with van der Waals surface area (Å²) in [6.07, 6.45) is 4.56. The van der Waals surface area contributed by atoms with E-state index in [1.807, 2.05) is 37.3 Å². The van der Waals surface area contributed by atoms with Crippen LogP contribution in [0.3, 0.4) is 0 Å². The molecule has 4 aromatic rings. The number of nitrogens with zero attached hydrogens (tertiary/aromatic N) is 3. The Morgan fingerprint density at radius 3 is 2.64 bits per heavy atom. The number of carbonyl (C=O) groups is 1. The van der Waals surface area contributed by atoms with Crippen molar-refractivity contribution in [1.82, 2.24) is 14.5 Å². The summed E-state index contributed by atoms with van der Waals surface area (Å²) in [6, 6.07) is 13.9. The first kappa shape index (κ1) is 15.2. The molecule has 4 rings (SSSR count). The molecule has 0 spiro atoms. The molecular formula is C20H14FN3O. The molecule has 5 heteroatoms. The first-order valence-electron chi connectivity index (χ1n) is 7.83. The highest BCUT2D eigenvalue weighted by Crippen LogP contribution is 2.30. The molecule has 0 aliphatic carbocycles. The lowest BCUT2D eigenvalue weighted by molar-refractivity contribution is 0.0961. The molecule has 2 aromatic heterocycles. The van der Waals surface area contributed by atoms with Gasteiger partial charge in [0.2, 0.25) is 0 Å². The van der Waals surface area contributed by atoms with Crippen molar-refractivity contribution in [2.45, 2.75) is 6.92 Å². The van der Waals surface area contributed by atoms with Gasteiger partial charge in [0.15, 0.2) is 0 Å². The predicted octanol–water partition coefficient (Wildman–Crippen LogP) is 4.23. The lowest BCUT2D eigenvalue weighted by Crippen LogP contribution is -2.13. The van der Waals surface area contributed by atoms with E-state index in [1.165, 1.54) is 29.2 Å². The molecule has 0 bridgehead atoms. The van der Waals surface area contributed by atoms with Crippen molar-refractivity contribution in [2.75, 3.05) is 0 Å². The van der Waals surface area contributed by atoms with E-state index in [0.717, 1.165) is 5.56 Å². The van der Waals surface area contributed by atoms with Crippen molar-refractivity contribution < 1.29 is 9.18 Å². The lowest BCUT2D eigenvalue weighted by atomic mass is 9.97. The Balaban J connectivity index is 2.06. The monoisotopic (exact) mass is 331 g/mol. The van der Waals surface area contributed by atoms with Crippen molar-refractivity contribution in [3.05, 3.63) is 84.2 Å². The number of pyridine rings is 1. The average Bonchev–Trinajstić information content (AvgIpc) is 3.16. The Morgan fingerprint density at radius 2 is 1.92 bits per heavy atom. The summed E-state index contributed by atoms with van der Waals surface area (Å²) in [6.45, 7) is 1.84. The highest BCUT2D eigenvalue weighted by atomic mass is 19.1. The van der Waals surface area contributed by atoms with Gasteiger partial charge < -0.3 is 0 Å². The van der Waals surface area contributed by atoms with Crippen molar-refractivity contribution >= 4 is 16.8 Å². The van der Waals surface area contributed by atoms with Crippen molar-refractivity contribution in [3.8, 4) is 11.3 Å². The molecule has 0 radical (unpaired) electrons. The van der Waals surface area contributed by atoms with Gasteiger partial charge in [-0.2, -0.15) is 0 Å². The highest BCUT2D eigenvalue weighted by molar-refractivity contribution is 6.09. The molecule has 0 aliphatic heterocycles. The van der Waals surface area contributed by atoms with Crippen LogP contribution >= 0.6 is 0 Å². The van der Waals surface area contributed by atoms with Gasteiger partial charge >= 0.3 is 0 Å². The average molecular weight is 331 g/mol. The molecule has 0 atom stereocenters. The smallest absolute Gasteiger partial charge is 0.264 e. The van der Waals surface area contributed by atoms with Gasteiger partial charge in [-0.15, -0.1) is 0 Å². The minimum atomic E-state index is -0.402. The molecule has 0 aliphatic rings.